The highest BCUT2D eigenvalue weighted by atomic mass is 35.5. The smallest absolute Gasteiger partial charge is 0.320 e. The minimum Gasteiger partial charge on any atom is -0.465 e. The maximum absolute atomic E-state index is 12.4. The number of nitrogens with one attached hydrogen (secondary N) is 1. The van der Waals surface area contributed by atoms with Gasteiger partial charge in [0.25, 0.3) is 10.0 Å². The second kappa shape index (κ2) is 10.5. The molecule has 1 N–H and O–H groups in total. The first-order valence-electron chi connectivity index (χ1n) is 8.43. The molecule has 0 fully saturated rings. The van der Waals surface area contributed by atoms with Crippen molar-refractivity contribution in [1.82, 2.24) is 19.8 Å². The molecule has 0 aliphatic heterocycles. The number of benzene rings is 1. The molecule has 28 heavy (non-hydrogen) atoms. The molecule has 1 heterocycles. The molecule has 0 bridgehead atoms. The Labute approximate surface area is 177 Å². The summed E-state index contributed by atoms with van der Waals surface area (Å²) in [6.45, 7) is 5.06. The van der Waals surface area contributed by atoms with Crippen molar-refractivity contribution in [2.75, 3.05) is 32.8 Å². The van der Waals surface area contributed by atoms with Crippen LogP contribution in [-0.4, -0.2) is 62.3 Å². The Morgan fingerprint density at radius 1 is 1.29 bits per heavy atom. The molecule has 0 spiro atoms. The van der Waals surface area contributed by atoms with Gasteiger partial charge in [0.15, 0.2) is 0 Å². The number of rotatable bonds is 10. The summed E-state index contributed by atoms with van der Waals surface area (Å²) in [6.07, 6.45) is 0. The van der Waals surface area contributed by atoms with Crippen LogP contribution in [0.3, 0.4) is 0 Å². The van der Waals surface area contributed by atoms with Gasteiger partial charge in [0, 0.05) is 23.7 Å². The predicted octanol–water partition coefficient (Wildman–Crippen LogP) is 2.68. The van der Waals surface area contributed by atoms with Crippen LogP contribution >= 0.6 is 34.5 Å². The highest BCUT2D eigenvalue weighted by Gasteiger charge is 2.21. The van der Waals surface area contributed by atoms with Crippen LogP contribution in [0.15, 0.2) is 22.5 Å². The molecule has 2 aromatic rings. The Hall–Kier alpha value is -1.30. The van der Waals surface area contributed by atoms with Gasteiger partial charge in [-0.05, 0) is 31.7 Å². The van der Waals surface area contributed by atoms with Crippen molar-refractivity contribution in [1.29, 1.82) is 0 Å². The summed E-state index contributed by atoms with van der Waals surface area (Å²) in [4.78, 5) is 13.3. The van der Waals surface area contributed by atoms with Crippen LogP contribution in [0, 0.1) is 0 Å². The van der Waals surface area contributed by atoms with E-state index in [2.05, 4.69) is 14.9 Å². The number of carbonyl (C=O) groups is 1. The number of likely N-dealkylation sites (N-methyl/N-ethyl adjacent to an activating group) is 1. The summed E-state index contributed by atoms with van der Waals surface area (Å²) in [5.41, 5.74) is 0.552. The van der Waals surface area contributed by atoms with E-state index in [1.54, 1.807) is 30.0 Å². The Kier molecular flexibility index (Phi) is 8.59. The average molecular weight is 467 g/mol. The zero-order chi connectivity index (χ0) is 20.7. The SMILES string of the molecule is CCOC(=O)CN(CC)CCNS(=O)(=O)c1nnc(-c2ccc(Cl)cc2Cl)s1. The molecule has 8 nitrogen and oxygen atoms in total. The Morgan fingerprint density at radius 3 is 2.68 bits per heavy atom. The Balaban J connectivity index is 1.99. The van der Waals surface area contributed by atoms with E-state index in [0.29, 0.717) is 40.3 Å². The molecule has 0 saturated heterocycles. The molecule has 0 radical (unpaired) electrons. The summed E-state index contributed by atoms with van der Waals surface area (Å²) >= 11 is 12.9. The molecule has 0 atom stereocenters. The van der Waals surface area contributed by atoms with Gasteiger partial charge in [-0.3, -0.25) is 9.69 Å². The van der Waals surface area contributed by atoms with Crippen molar-refractivity contribution in [3.63, 3.8) is 0 Å². The lowest BCUT2D eigenvalue weighted by Gasteiger charge is -2.19. The van der Waals surface area contributed by atoms with Crippen molar-refractivity contribution in [3.8, 4) is 10.6 Å². The molecule has 0 saturated carbocycles. The van der Waals surface area contributed by atoms with Crippen LogP contribution < -0.4 is 4.72 Å². The zero-order valence-electron chi connectivity index (χ0n) is 15.3. The normalized spacial score (nSPS) is 11.8. The van der Waals surface area contributed by atoms with Gasteiger partial charge in [-0.15, -0.1) is 10.2 Å². The molecule has 1 aromatic heterocycles. The third-order valence-corrected chi connectivity index (χ3v) is 6.96. The third kappa shape index (κ3) is 6.36. The lowest BCUT2D eigenvalue weighted by molar-refractivity contribution is -0.144. The molecule has 154 valence electrons. The van der Waals surface area contributed by atoms with Crippen LogP contribution in [0.5, 0.6) is 0 Å². The standard InChI is InChI=1S/C16H20Cl2N4O4S2/c1-3-22(10-14(23)26-4-2)8-7-19-28(24,25)16-21-20-15(27-16)12-6-5-11(17)9-13(12)18/h5-6,9,19H,3-4,7-8,10H2,1-2H3. The minimum absolute atomic E-state index is 0.101. The van der Waals surface area contributed by atoms with E-state index in [0.717, 1.165) is 11.3 Å². The summed E-state index contributed by atoms with van der Waals surface area (Å²) in [6, 6.07) is 4.85. The quantitative estimate of drug-likeness (QED) is 0.536. The molecule has 0 amide bonds. The first-order valence-corrected chi connectivity index (χ1v) is 11.5. The molecular formula is C16H20Cl2N4O4S2. The van der Waals surface area contributed by atoms with Crippen molar-refractivity contribution >= 4 is 50.5 Å². The van der Waals surface area contributed by atoms with Crippen molar-refractivity contribution in [2.24, 2.45) is 0 Å². The first-order chi connectivity index (χ1) is 13.3. The minimum atomic E-state index is -3.83. The lowest BCUT2D eigenvalue weighted by atomic mass is 10.2. The number of sulfonamides is 1. The predicted molar refractivity (Wildman–Crippen MR) is 109 cm³/mol. The van der Waals surface area contributed by atoms with Gasteiger partial charge in [0.1, 0.15) is 5.01 Å². The summed E-state index contributed by atoms with van der Waals surface area (Å²) < 4.78 is 32.1. The number of aromatic nitrogens is 2. The molecule has 0 unspecified atom stereocenters. The van der Waals surface area contributed by atoms with Gasteiger partial charge < -0.3 is 4.74 Å². The van der Waals surface area contributed by atoms with E-state index >= 15 is 0 Å². The van der Waals surface area contributed by atoms with Crippen molar-refractivity contribution in [3.05, 3.63) is 28.2 Å². The number of nitrogens with zero attached hydrogens (tertiary/aromatic N) is 3. The summed E-state index contributed by atoms with van der Waals surface area (Å²) in [7, 11) is -3.83. The van der Waals surface area contributed by atoms with Gasteiger partial charge in [-0.2, -0.15) is 0 Å². The maximum Gasteiger partial charge on any atom is 0.320 e. The molecule has 2 rings (SSSR count). The van der Waals surface area contributed by atoms with Crippen molar-refractivity contribution in [2.45, 2.75) is 18.2 Å². The Morgan fingerprint density at radius 2 is 2.04 bits per heavy atom. The van der Waals surface area contributed by atoms with Crippen LogP contribution in [0.1, 0.15) is 13.8 Å². The van der Waals surface area contributed by atoms with Gasteiger partial charge in [0.2, 0.25) is 4.34 Å². The second-order valence-corrected chi connectivity index (χ2v) is 9.33. The number of hydrogen-bond donors (Lipinski definition) is 1. The maximum atomic E-state index is 12.4. The fourth-order valence-corrected chi connectivity index (χ4v) is 4.88. The van der Waals surface area contributed by atoms with Gasteiger partial charge in [0.05, 0.1) is 18.2 Å². The van der Waals surface area contributed by atoms with E-state index in [1.165, 1.54) is 0 Å². The number of halogens is 2. The second-order valence-electron chi connectivity index (χ2n) is 5.57. The topological polar surface area (TPSA) is 101 Å². The lowest BCUT2D eigenvalue weighted by Crippen LogP contribution is -2.38. The average Bonchev–Trinajstić information content (AvgIpc) is 3.11. The van der Waals surface area contributed by atoms with Crippen LogP contribution in [0.4, 0.5) is 0 Å². The van der Waals surface area contributed by atoms with Crippen LogP contribution in [0.25, 0.3) is 10.6 Å². The van der Waals surface area contributed by atoms with Crippen molar-refractivity contribution < 1.29 is 17.9 Å². The van der Waals surface area contributed by atoms with Crippen LogP contribution in [0.2, 0.25) is 10.0 Å². The molecular weight excluding hydrogens is 447 g/mol. The number of esters is 1. The molecule has 1 aromatic carbocycles. The van der Waals surface area contributed by atoms with E-state index in [-0.39, 0.29) is 23.4 Å². The van der Waals surface area contributed by atoms with E-state index in [1.807, 2.05) is 6.92 Å². The molecule has 0 aliphatic carbocycles. The number of hydrogen-bond acceptors (Lipinski definition) is 8. The van der Waals surface area contributed by atoms with Gasteiger partial charge >= 0.3 is 5.97 Å². The molecule has 12 heteroatoms. The monoisotopic (exact) mass is 466 g/mol. The van der Waals surface area contributed by atoms with Gasteiger partial charge in [-0.1, -0.05) is 41.5 Å². The van der Waals surface area contributed by atoms with E-state index < -0.39 is 10.0 Å². The fourth-order valence-electron chi connectivity index (χ4n) is 2.23. The number of carbonyl (C=O) groups excluding carboxylic acids is 1. The zero-order valence-corrected chi connectivity index (χ0v) is 18.5. The highest BCUT2D eigenvalue weighted by molar-refractivity contribution is 7.91. The number of ether oxygens (including phenoxy) is 1. The third-order valence-electron chi connectivity index (χ3n) is 3.62. The largest absolute Gasteiger partial charge is 0.465 e. The summed E-state index contributed by atoms with van der Waals surface area (Å²) in [5, 5.41) is 8.87. The highest BCUT2D eigenvalue weighted by Crippen LogP contribution is 2.33. The summed E-state index contributed by atoms with van der Waals surface area (Å²) in [5.74, 6) is -0.346. The fraction of sp³-hybridized carbons (Fsp3) is 0.438. The van der Waals surface area contributed by atoms with Crippen LogP contribution in [-0.2, 0) is 19.6 Å². The van der Waals surface area contributed by atoms with E-state index in [4.69, 9.17) is 27.9 Å². The first kappa shape index (κ1) is 23.0. The molecule has 0 aliphatic rings. The van der Waals surface area contributed by atoms with E-state index in [9.17, 15) is 13.2 Å². The van der Waals surface area contributed by atoms with Gasteiger partial charge in [-0.25, -0.2) is 13.1 Å². The Bertz CT molecular complexity index is 921.